The van der Waals surface area contributed by atoms with Crippen molar-refractivity contribution in [2.45, 2.75) is 32.0 Å². The summed E-state index contributed by atoms with van der Waals surface area (Å²) in [6.07, 6.45) is 5.69. The zero-order chi connectivity index (χ0) is 18.6. The molecule has 0 radical (unpaired) electrons. The molecule has 1 saturated heterocycles. The first-order valence-electron chi connectivity index (χ1n) is 9.01. The second-order valence-corrected chi connectivity index (χ2v) is 6.68. The molecule has 1 aromatic carbocycles. The van der Waals surface area contributed by atoms with Gasteiger partial charge in [0, 0.05) is 30.5 Å². The molecule has 4 rings (SSSR count). The van der Waals surface area contributed by atoms with Crippen molar-refractivity contribution in [3.05, 3.63) is 48.3 Å². The average molecular weight is 366 g/mol. The van der Waals surface area contributed by atoms with Crippen LogP contribution < -0.4 is 4.74 Å². The Morgan fingerprint density at radius 2 is 2.07 bits per heavy atom. The fourth-order valence-corrected chi connectivity index (χ4v) is 3.49. The third-order valence-electron chi connectivity index (χ3n) is 4.89. The molecule has 27 heavy (non-hydrogen) atoms. The van der Waals surface area contributed by atoms with E-state index in [4.69, 9.17) is 4.74 Å². The fraction of sp³-hybridized carbons (Fsp3) is 0.368. The van der Waals surface area contributed by atoms with Crippen LogP contribution in [-0.4, -0.2) is 54.9 Å². The van der Waals surface area contributed by atoms with E-state index in [9.17, 15) is 5.11 Å². The van der Waals surface area contributed by atoms with Crippen LogP contribution in [0.1, 0.15) is 18.4 Å². The van der Waals surface area contributed by atoms with Crippen LogP contribution in [0.5, 0.6) is 11.5 Å². The number of aromatic hydroxyl groups is 1. The number of methoxy groups -OCH3 is 1. The molecular formula is C19H22N6O2. The number of hydrogen-bond donors (Lipinski definition) is 1. The third kappa shape index (κ3) is 3.90. The smallest absolute Gasteiger partial charge is 0.205 e. The van der Waals surface area contributed by atoms with E-state index in [0.717, 1.165) is 37.1 Å². The van der Waals surface area contributed by atoms with Gasteiger partial charge >= 0.3 is 0 Å². The SMILES string of the molecule is COc1cc(CN2CCC[C@@H]2Cn2nnc(-c3ccncc3)n2)ccc1O. The second kappa shape index (κ2) is 7.71. The first-order chi connectivity index (χ1) is 13.2. The van der Waals surface area contributed by atoms with E-state index in [2.05, 4.69) is 25.3 Å². The van der Waals surface area contributed by atoms with Gasteiger partial charge in [-0.25, -0.2) is 0 Å². The van der Waals surface area contributed by atoms with Gasteiger partial charge in [-0.3, -0.25) is 9.88 Å². The van der Waals surface area contributed by atoms with Gasteiger partial charge in [-0.2, -0.15) is 4.80 Å². The molecule has 1 N–H and O–H groups in total. The number of rotatable bonds is 6. The summed E-state index contributed by atoms with van der Waals surface area (Å²) in [5, 5.41) is 22.7. The minimum Gasteiger partial charge on any atom is -0.504 e. The zero-order valence-electron chi connectivity index (χ0n) is 15.2. The van der Waals surface area contributed by atoms with Gasteiger partial charge in [0.25, 0.3) is 0 Å². The summed E-state index contributed by atoms with van der Waals surface area (Å²) < 4.78 is 5.21. The summed E-state index contributed by atoms with van der Waals surface area (Å²) in [6, 6.07) is 9.61. The number of hydrogen-bond acceptors (Lipinski definition) is 7. The van der Waals surface area contributed by atoms with Crippen LogP contribution in [0.4, 0.5) is 0 Å². The molecule has 1 aliphatic heterocycles. The molecule has 0 spiro atoms. The minimum atomic E-state index is 0.162. The van der Waals surface area contributed by atoms with Gasteiger partial charge in [0.2, 0.25) is 5.82 Å². The van der Waals surface area contributed by atoms with Crippen LogP contribution in [0.2, 0.25) is 0 Å². The van der Waals surface area contributed by atoms with E-state index in [-0.39, 0.29) is 5.75 Å². The van der Waals surface area contributed by atoms with Crippen LogP contribution >= 0.6 is 0 Å². The van der Waals surface area contributed by atoms with Gasteiger partial charge in [-0.1, -0.05) is 6.07 Å². The quantitative estimate of drug-likeness (QED) is 0.715. The maximum absolute atomic E-state index is 9.77. The number of phenols is 1. The fourth-order valence-electron chi connectivity index (χ4n) is 3.49. The Bertz CT molecular complexity index is 898. The maximum Gasteiger partial charge on any atom is 0.205 e. The number of tetrazole rings is 1. The number of ether oxygens (including phenoxy) is 1. The Labute approximate surface area is 157 Å². The number of benzene rings is 1. The van der Waals surface area contributed by atoms with E-state index in [1.165, 1.54) is 0 Å². The summed E-state index contributed by atoms with van der Waals surface area (Å²) >= 11 is 0. The Morgan fingerprint density at radius 1 is 1.22 bits per heavy atom. The first kappa shape index (κ1) is 17.4. The number of likely N-dealkylation sites (tertiary alicyclic amines) is 1. The van der Waals surface area contributed by atoms with Crippen LogP contribution in [0, 0.1) is 0 Å². The third-order valence-corrected chi connectivity index (χ3v) is 4.89. The monoisotopic (exact) mass is 366 g/mol. The molecule has 1 fully saturated rings. The molecular weight excluding hydrogens is 344 g/mol. The molecule has 1 atom stereocenters. The molecule has 0 unspecified atom stereocenters. The highest BCUT2D eigenvalue weighted by Crippen LogP contribution is 2.28. The van der Waals surface area contributed by atoms with E-state index in [0.29, 0.717) is 24.2 Å². The molecule has 0 amide bonds. The maximum atomic E-state index is 9.77. The first-order valence-corrected chi connectivity index (χ1v) is 9.01. The standard InChI is InChI=1S/C19H22N6O2/c1-27-18-11-14(4-5-17(18)26)12-24-10-2-3-16(24)13-25-22-19(21-23-25)15-6-8-20-9-7-15/h4-9,11,16,26H,2-3,10,12-13H2,1H3/t16-/m1/s1. The van der Waals surface area contributed by atoms with Crippen LogP contribution in [-0.2, 0) is 13.1 Å². The second-order valence-electron chi connectivity index (χ2n) is 6.68. The summed E-state index contributed by atoms with van der Waals surface area (Å²) in [4.78, 5) is 8.11. The lowest BCUT2D eigenvalue weighted by Crippen LogP contribution is -2.33. The molecule has 8 nitrogen and oxygen atoms in total. The Hall–Kier alpha value is -3.00. The van der Waals surface area contributed by atoms with Crippen molar-refractivity contribution in [2.24, 2.45) is 0 Å². The summed E-state index contributed by atoms with van der Waals surface area (Å²) in [6.45, 7) is 2.53. The molecule has 2 aromatic heterocycles. The van der Waals surface area contributed by atoms with E-state index >= 15 is 0 Å². The van der Waals surface area contributed by atoms with E-state index in [1.807, 2.05) is 24.3 Å². The summed E-state index contributed by atoms with van der Waals surface area (Å²) in [5.74, 6) is 1.28. The summed E-state index contributed by atoms with van der Waals surface area (Å²) in [5.41, 5.74) is 2.02. The van der Waals surface area contributed by atoms with Gasteiger partial charge in [0.15, 0.2) is 11.5 Å². The Morgan fingerprint density at radius 3 is 2.89 bits per heavy atom. The summed E-state index contributed by atoms with van der Waals surface area (Å²) in [7, 11) is 1.56. The van der Waals surface area contributed by atoms with Crippen molar-refractivity contribution in [3.63, 3.8) is 0 Å². The van der Waals surface area contributed by atoms with Crippen molar-refractivity contribution >= 4 is 0 Å². The highest BCUT2D eigenvalue weighted by molar-refractivity contribution is 5.52. The van der Waals surface area contributed by atoms with Crippen molar-refractivity contribution in [1.29, 1.82) is 0 Å². The van der Waals surface area contributed by atoms with Crippen molar-refractivity contribution in [2.75, 3.05) is 13.7 Å². The number of aromatic nitrogens is 5. The Kier molecular flexibility index (Phi) is 4.97. The molecule has 8 heteroatoms. The number of phenolic OH excluding ortho intramolecular Hbond substituents is 1. The number of nitrogens with zero attached hydrogens (tertiary/aromatic N) is 6. The average Bonchev–Trinajstić information content (AvgIpc) is 3.34. The van der Waals surface area contributed by atoms with Crippen LogP contribution in [0.15, 0.2) is 42.7 Å². The normalized spacial score (nSPS) is 17.3. The van der Waals surface area contributed by atoms with Crippen LogP contribution in [0.25, 0.3) is 11.4 Å². The predicted octanol–water partition coefficient (Wildman–Crippen LogP) is 2.11. The largest absolute Gasteiger partial charge is 0.504 e. The number of pyridine rings is 1. The lowest BCUT2D eigenvalue weighted by molar-refractivity contribution is 0.211. The van der Waals surface area contributed by atoms with Gasteiger partial charge in [0.1, 0.15) is 0 Å². The topological polar surface area (TPSA) is 89.2 Å². The zero-order valence-corrected chi connectivity index (χ0v) is 15.2. The van der Waals surface area contributed by atoms with E-state index < -0.39 is 0 Å². The predicted molar refractivity (Wildman–Crippen MR) is 99.1 cm³/mol. The molecule has 0 saturated carbocycles. The van der Waals surface area contributed by atoms with Gasteiger partial charge in [-0.05, 0) is 54.4 Å². The molecule has 140 valence electrons. The molecule has 1 aliphatic rings. The lowest BCUT2D eigenvalue weighted by Gasteiger charge is -2.24. The highest BCUT2D eigenvalue weighted by Gasteiger charge is 2.26. The van der Waals surface area contributed by atoms with Crippen molar-refractivity contribution < 1.29 is 9.84 Å². The van der Waals surface area contributed by atoms with E-state index in [1.54, 1.807) is 30.4 Å². The molecule has 0 aliphatic carbocycles. The van der Waals surface area contributed by atoms with Gasteiger partial charge < -0.3 is 9.84 Å². The molecule has 3 aromatic rings. The van der Waals surface area contributed by atoms with Crippen molar-refractivity contribution in [3.8, 4) is 22.9 Å². The van der Waals surface area contributed by atoms with Gasteiger partial charge in [0.05, 0.1) is 13.7 Å². The van der Waals surface area contributed by atoms with Crippen LogP contribution in [0.3, 0.4) is 0 Å². The van der Waals surface area contributed by atoms with Gasteiger partial charge in [-0.15, -0.1) is 10.2 Å². The molecule has 0 bridgehead atoms. The van der Waals surface area contributed by atoms with Crippen molar-refractivity contribution in [1.82, 2.24) is 30.1 Å². The lowest BCUT2D eigenvalue weighted by atomic mass is 10.1. The molecule has 3 heterocycles. The highest BCUT2D eigenvalue weighted by atomic mass is 16.5. The minimum absolute atomic E-state index is 0.162. The Balaban J connectivity index is 1.44.